The predicted molar refractivity (Wildman–Crippen MR) is 148 cm³/mol. The molecule has 0 spiro atoms. The average molecular weight is 509 g/mol. The Kier molecular flexibility index (Phi) is 25.6. The molecule has 6 nitrogen and oxygen atoms in total. The van der Waals surface area contributed by atoms with Crippen molar-refractivity contribution in [2.45, 2.75) is 118 Å². The van der Waals surface area contributed by atoms with Gasteiger partial charge in [-0.15, -0.1) is 0 Å². The number of hydrogen-bond donors (Lipinski definition) is 0. The lowest BCUT2D eigenvalue weighted by atomic mass is 10.0. The monoisotopic (exact) mass is 508 g/mol. The quantitative estimate of drug-likeness (QED) is 0.0681. The van der Waals surface area contributed by atoms with E-state index in [2.05, 4.69) is 33.6 Å². The van der Waals surface area contributed by atoms with Crippen LogP contribution in [0.2, 0.25) is 0 Å². The highest BCUT2D eigenvalue weighted by Crippen LogP contribution is 2.14. The number of carbonyl (C=O) groups is 3. The second-order valence-electron chi connectivity index (χ2n) is 9.21. The Labute approximate surface area is 220 Å². The number of esters is 3. The van der Waals surface area contributed by atoms with Crippen molar-refractivity contribution in [2.75, 3.05) is 19.8 Å². The van der Waals surface area contributed by atoms with Crippen LogP contribution >= 0.6 is 0 Å². The SMILES string of the molecule is C=C(C)C(=O)OCCCC.C=C(C)C(=O)OCCOC(=O)C(=C)CCCCCCCCCCCCC. The Bertz CT molecular complexity index is 650. The molecule has 0 saturated carbocycles. The van der Waals surface area contributed by atoms with E-state index in [0.717, 1.165) is 25.7 Å². The molecule has 0 aliphatic heterocycles. The Morgan fingerprint density at radius 2 is 0.861 bits per heavy atom. The minimum atomic E-state index is -0.471. The van der Waals surface area contributed by atoms with Gasteiger partial charge in [-0.3, -0.25) is 0 Å². The zero-order valence-electron chi connectivity index (χ0n) is 23.6. The maximum Gasteiger partial charge on any atom is 0.333 e. The molecule has 0 aromatic carbocycles. The molecule has 0 unspecified atom stereocenters. The van der Waals surface area contributed by atoms with E-state index in [9.17, 15) is 14.4 Å². The molecule has 208 valence electrons. The van der Waals surface area contributed by atoms with Crippen molar-refractivity contribution in [3.05, 3.63) is 36.5 Å². The number of hydrogen-bond acceptors (Lipinski definition) is 6. The molecule has 6 heteroatoms. The third-order valence-electron chi connectivity index (χ3n) is 5.35. The molecule has 0 rings (SSSR count). The Morgan fingerprint density at radius 1 is 0.500 bits per heavy atom. The van der Waals surface area contributed by atoms with Crippen LogP contribution in [0.5, 0.6) is 0 Å². The van der Waals surface area contributed by atoms with Crippen LogP contribution < -0.4 is 0 Å². The summed E-state index contributed by atoms with van der Waals surface area (Å²) in [5.74, 6) is -1.15. The molecule has 0 aliphatic rings. The van der Waals surface area contributed by atoms with E-state index in [1.807, 2.05) is 0 Å². The van der Waals surface area contributed by atoms with Crippen LogP contribution in [0.1, 0.15) is 118 Å². The highest BCUT2D eigenvalue weighted by Gasteiger charge is 2.09. The number of carbonyl (C=O) groups excluding carboxylic acids is 3. The van der Waals surface area contributed by atoms with Crippen molar-refractivity contribution in [1.82, 2.24) is 0 Å². The minimum Gasteiger partial charge on any atom is -0.462 e. The molecule has 0 heterocycles. The lowest BCUT2D eigenvalue weighted by molar-refractivity contribution is -0.147. The largest absolute Gasteiger partial charge is 0.462 e. The normalized spacial score (nSPS) is 10.0. The van der Waals surface area contributed by atoms with E-state index >= 15 is 0 Å². The molecule has 0 aliphatic carbocycles. The predicted octanol–water partition coefficient (Wildman–Crippen LogP) is 7.81. The van der Waals surface area contributed by atoms with E-state index in [4.69, 9.17) is 14.2 Å². The third kappa shape index (κ3) is 24.7. The molecular formula is C30H52O6. The van der Waals surface area contributed by atoms with Gasteiger partial charge < -0.3 is 14.2 Å². The summed E-state index contributed by atoms with van der Waals surface area (Å²) < 4.78 is 14.7. The second-order valence-corrected chi connectivity index (χ2v) is 9.21. The highest BCUT2D eigenvalue weighted by molar-refractivity contribution is 5.88. The first kappa shape index (κ1) is 35.8. The second kappa shape index (κ2) is 25.7. The molecule has 0 amide bonds. The van der Waals surface area contributed by atoms with E-state index < -0.39 is 11.9 Å². The van der Waals surface area contributed by atoms with Crippen molar-refractivity contribution in [3.63, 3.8) is 0 Å². The fourth-order valence-corrected chi connectivity index (χ4v) is 3.03. The molecule has 0 N–H and O–H groups in total. The van der Waals surface area contributed by atoms with E-state index in [1.54, 1.807) is 13.8 Å². The highest BCUT2D eigenvalue weighted by atomic mass is 16.6. The topological polar surface area (TPSA) is 78.9 Å². The first-order chi connectivity index (χ1) is 17.2. The number of ether oxygens (including phenoxy) is 3. The maximum atomic E-state index is 11.8. The van der Waals surface area contributed by atoms with Gasteiger partial charge in [0.1, 0.15) is 13.2 Å². The van der Waals surface area contributed by atoms with Gasteiger partial charge in [0.15, 0.2) is 0 Å². The summed E-state index contributed by atoms with van der Waals surface area (Å²) in [7, 11) is 0. The van der Waals surface area contributed by atoms with E-state index in [-0.39, 0.29) is 19.2 Å². The van der Waals surface area contributed by atoms with Crippen LogP contribution in [-0.4, -0.2) is 37.7 Å². The maximum absolute atomic E-state index is 11.8. The van der Waals surface area contributed by atoms with Gasteiger partial charge in [-0.2, -0.15) is 0 Å². The molecule has 0 bridgehead atoms. The standard InChI is InChI=1S/C22H38O4.C8H14O2/c1-5-6-7-8-9-10-11-12-13-14-15-16-20(4)22(24)26-18-17-25-21(23)19(2)3;1-4-5-6-10-8(9)7(2)3/h2,4-18H2,1,3H3;2,4-6H2,1,3H3. The lowest BCUT2D eigenvalue weighted by Crippen LogP contribution is -2.15. The Hall–Kier alpha value is -2.37. The average Bonchev–Trinajstić information content (AvgIpc) is 2.85. The number of unbranched alkanes of at least 4 members (excludes halogenated alkanes) is 11. The van der Waals surface area contributed by atoms with Gasteiger partial charge >= 0.3 is 17.9 Å². The smallest absolute Gasteiger partial charge is 0.333 e. The van der Waals surface area contributed by atoms with E-state index in [1.165, 1.54) is 57.8 Å². The van der Waals surface area contributed by atoms with Gasteiger partial charge in [0.25, 0.3) is 0 Å². The van der Waals surface area contributed by atoms with Crippen LogP contribution in [0.15, 0.2) is 36.5 Å². The fourth-order valence-electron chi connectivity index (χ4n) is 3.03. The summed E-state index contributed by atoms with van der Waals surface area (Å²) in [5.41, 5.74) is 1.29. The Morgan fingerprint density at radius 3 is 1.28 bits per heavy atom. The van der Waals surface area contributed by atoms with Crippen LogP contribution in [0.3, 0.4) is 0 Å². The van der Waals surface area contributed by atoms with Crippen molar-refractivity contribution >= 4 is 17.9 Å². The molecule has 0 radical (unpaired) electrons. The summed E-state index contributed by atoms with van der Waals surface area (Å²) in [5, 5.41) is 0. The number of rotatable bonds is 21. The van der Waals surface area contributed by atoms with Crippen molar-refractivity contribution in [2.24, 2.45) is 0 Å². The fraction of sp³-hybridized carbons (Fsp3) is 0.700. The summed E-state index contributed by atoms with van der Waals surface area (Å²) in [6, 6.07) is 0. The summed E-state index contributed by atoms with van der Waals surface area (Å²) in [6.45, 7) is 18.9. The van der Waals surface area contributed by atoms with Gasteiger partial charge in [0.05, 0.1) is 6.61 Å². The zero-order chi connectivity index (χ0) is 27.6. The van der Waals surface area contributed by atoms with Gasteiger partial charge in [0, 0.05) is 16.7 Å². The lowest BCUT2D eigenvalue weighted by Gasteiger charge is -2.08. The third-order valence-corrected chi connectivity index (χ3v) is 5.35. The van der Waals surface area contributed by atoms with Gasteiger partial charge in [-0.05, 0) is 33.1 Å². The molecular weight excluding hydrogens is 456 g/mol. The summed E-state index contributed by atoms with van der Waals surface area (Å²) in [4.78, 5) is 33.6. The summed E-state index contributed by atoms with van der Waals surface area (Å²) in [6.07, 6.45) is 16.7. The Balaban J connectivity index is 0. The van der Waals surface area contributed by atoms with Gasteiger partial charge in [-0.25, -0.2) is 14.4 Å². The van der Waals surface area contributed by atoms with Crippen molar-refractivity contribution < 1.29 is 28.6 Å². The molecule has 0 atom stereocenters. The molecule has 0 aromatic heterocycles. The van der Waals surface area contributed by atoms with E-state index in [0.29, 0.717) is 29.7 Å². The minimum absolute atomic E-state index is 0.0448. The van der Waals surface area contributed by atoms with Gasteiger partial charge in [-0.1, -0.05) is 104 Å². The zero-order valence-corrected chi connectivity index (χ0v) is 23.6. The first-order valence-electron chi connectivity index (χ1n) is 13.7. The van der Waals surface area contributed by atoms with Crippen LogP contribution in [0.25, 0.3) is 0 Å². The van der Waals surface area contributed by atoms with Crippen LogP contribution in [0.4, 0.5) is 0 Å². The molecule has 36 heavy (non-hydrogen) atoms. The molecule has 0 saturated heterocycles. The van der Waals surface area contributed by atoms with Crippen molar-refractivity contribution in [1.29, 1.82) is 0 Å². The van der Waals surface area contributed by atoms with Gasteiger partial charge in [0.2, 0.25) is 0 Å². The first-order valence-corrected chi connectivity index (χ1v) is 13.7. The van der Waals surface area contributed by atoms with Crippen LogP contribution in [0, 0.1) is 0 Å². The van der Waals surface area contributed by atoms with Crippen LogP contribution in [-0.2, 0) is 28.6 Å². The molecule has 0 fully saturated rings. The summed E-state index contributed by atoms with van der Waals surface area (Å²) >= 11 is 0. The molecule has 0 aromatic rings. The van der Waals surface area contributed by atoms with Crippen molar-refractivity contribution in [3.8, 4) is 0 Å².